The predicted molar refractivity (Wildman–Crippen MR) is 133 cm³/mol. The molecule has 13 heteroatoms. The van der Waals surface area contributed by atoms with E-state index in [1.54, 1.807) is 19.1 Å². The first-order valence-corrected chi connectivity index (χ1v) is 12.0. The van der Waals surface area contributed by atoms with Gasteiger partial charge in [-0.1, -0.05) is 12.1 Å². The number of nitro groups is 1. The first-order chi connectivity index (χ1) is 18.0. The van der Waals surface area contributed by atoms with Crippen molar-refractivity contribution in [3.63, 3.8) is 0 Å². The summed E-state index contributed by atoms with van der Waals surface area (Å²) in [6, 6.07) is 6.27. The number of nitrogens with zero attached hydrogens (tertiary/aromatic N) is 5. The molecule has 1 atom stereocenters. The third kappa shape index (κ3) is 5.00. The Hall–Kier alpha value is -3.97. The van der Waals surface area contributed by atoms with Crippen molar-refractivity contribution < 1.29 is 28.7 Å². The number of hydrogen-bond acceptors (Lipinski definition) is 12. The minimum Gasteiger partial charge on any atom is -0.437 e. The molecular formula is C24H28N6O7. The lowest BCUT2D eigenvalue weighted by Crippen LogP contribution is -2.41. The fraction of sp³-hybridized carbons (Fsp3) is 0.458. The zero-order valence-electron chi connectivity index (χ0n) is 20.6. The summed E-state index contributed by atoms with van der Waals surface area (Å²) in [6.07, 6.45) is -0.895. The summed E-state index contributed by atoms with van der Waals surface area (Å²) >= 11 is 0. The molecule has 0 saturated carbocycles. The van der Waals surface area contributed by atoms with E-state index in [0.717, 1.165) is 0 Å². The Morgan fingerprint density at radius 2 is 1.78 bits per heavy atom. The highest BCUT2D eigenvalue weighted by Crippen LogP contribution is 2.46. The van der Waals surface area contributed by atoms with E-state index in [0.29, 0.717) is 87.0 Å². The van der Waals surface area contributed by atoms with E-state index in [4.69, 9.17) is 28.9 Å². The molecule has 196 valence electrons. The molecule has 0 aliphatic carbocycles. The predicted octanol–water partition coefficient (Wildman–Crippen LogP) is 2.63. The second-order valence-corrected chi connectivity index (χ2v) is 8.76. The number of carbonyl (C=O) groups excluding carboxylic acids is 1. The number of ether oxygens (including phenoxy) is 4. The molecule has 37 heavy (non-hydrogen) atoms. The monoisotopic (exact) mass is 512 g/mol. The Kier molecular flexibility index (Phi) is 7.06. The van der Waals surface area contributed by atoms with Gasteiger partial charge in [0.1, 0.15) is 17.4 Å². The third-order valence-corrected chi connectivity index (χ3v) is 6.52. The normalized spacial score (nSPS) is 19.7. The molecule has 0 radical (unpaired) electrons. The average Bonchev–Trinajstić information content (AvgIpc) is 2.93. The van der Waals surface area contributed by atoms with Crippen LogP contribution >= 0.6 is 0 Å². The molecule has 13 nitrogen and oxygen atoms in total. The maximum atomic E-state index is 12.2. The molecule has 1 unspecified atom stereocenters. The summed E-state index contributed by atoms with van der Waals surface area (Å²) in [4.78, 5) is 37.4. The quantitative estimate of drug-likeness (QED) is 0.357. The maximum absolute atomic E-state index is 12.2. The molecule has 1 aromatic carbocycles. The number of non-ortho nitro benzene ring substituents is 1. The van der Waals surface area contributed by atoms with Crippen molar-refractivity contribution in [3.8, 4) is 0 Å². The number of allylic oxidation sites excluding steroid dienone is 2. The van der Waals surface area contributed by atoms with Crippen LogP contribution in [0.2, 0.25) is 0 Å². The van der Waals surface area contributed by atoms with Gasteiger partial charge >= 0.3 is 6.16 Å². The van der Waals surface area contributed by atoms with E-state index >= 15 is 0 Å². The number of fused-ring (bicyclic) bond motifs is 1. The minimum atomic E-state index is -0.895. The maximum Gasteiger partial charge on any atom is 0.513 e. The molecule has 1 N–H and O–H groups in total. The van der Waals surface area contributed by atoms with E-state index in [1.807, 2.05) is 0 Å². The Morgan fingerprint density at radius 3 is 2.43 bits per heavy atom. The van der Waals surface area contributed by atoms with Crippen LogP contribution in [0.4, 0.5) is 28.1 Å². The lowest BCUT2D eigenvalue weighted by molar-refractivity contribution is -0.384. The van der Waals surface area contributed by atoms with Gasteiger partial charge in [-0.3, -0.25) is 10.1 Å². The first-order valence-electron chi connectivity index (χ1n) is 12.0. The van der Waals surface area contributed by atoms with Gasteiger partial charge in [0.05, 0.1) is 55.6 Å². The molecule has 0 amide bonds. The van der Waals surface area contributed by atoms with Crippen molar-refractivity contribution in [1.29, 1.82) is 0 Å². The number of nitro benzene ring substituents is 1. The molecule has 3 aliphatic heterocycles. The number of morpholine rings is 2. The molecule has 4 heterocycles. The molecule has 2 saturated heterocycles. The Labute approximate surface area is 213 Å². The highest BCUT2D eigenvalue weighted by atomic mass is 16.7. The third-order valence-electron chi connectivity index (χ3n) is 6.52. The number of nitrogens with one attached hydrogen (secondary N) is 1. The smallest absolute Gasteiger partial charge is 0.437 e. The van der Waals surface area contributed by atoms with Gasteiger partial charge in [-0.2, -0.15) is 9.97 Å². The van der Waals surface area contributed by atoms with Crippen LogP contribution in [0.1, 0.15) is 24.0 Å². The second kappa shape index (κ2) is 10.6. The summed E-state index contributed by atoms with van der Waals surface area (Å²) in [5.74, 6) is 1.31. The topological polar surface area (TPSA) is 141 Å². The van der Waals surface area contributed by atoms with Gasteiger partial charge in [0.15, 0.2) is 0 Å². The highest BCUT2D eigenvalue weighted by molar-refractivity contribution is 5.73. The molecule has 3 aliphatic rings. The van der Waals surface area contributed by atoms with Crippen molar-refractivity contribution in [3.05, 3.63) is 57.0 Å². The van der Waals surface area contributed by atoms with Gasteiger partial charge in [0.2, 0.25) is 5.95 Å². The summed E-state index contributed by atoms with van der Waals surface area (Å²) in [5.41, 5.74) is 1.68. The van der Waals surface area contributed by atoms with Crippen LogP contribution in [0, 0.1) is 10.1 Å². The van der Waals surface area contributed by atoms with Crippen molar-refractivity contribution in [2.45, 2.75) is 12.8 Å². The van der Waals surface area contributed by atoms with E-state index < -0.39 is 17.0 Å². The summed E-state index contributed by atoms with van der Waals surface area (Å²) in [7, 11) is 1.22. The fourth-order valence-electron chi connectivity index (χ4n) is 4.72. The van der Waals surface area contributed by atoms with Gasteiger partial charge in [-0.25, -0.2) is 4.79 Å². The minimum absolute atomic E-state index is 0.0774. The van der Waals surface area contributed by atoms with E-state index in [-0.39, 0.29) is 11.4 Å². The van der Waals surface area contributed by atoms with Crippen molar-refractivity contribution in [2.75, 3.05) is 74.8 Å². The van der Waals surface area contributed by atoms with Crippen LogP contribution in [-0.4, -0.2) is 80.8 Å². The van der Waals surface area contributed by atoms with Gasteiger partial charge < -0.3 is 34.1 Å². The SMILES string of the molecule is COC(=O)OC1=C(C)Nc2nc(N3CCOCC3)nc(N3CCOCC3)c2C1c1cccc([N+](=O)[O-])c1. The molecule has 0 bridgehead atoms. The molecule has 1 aromatic heterocycles. The van der Waals surface area contributed by atoms with Crippen LogP contribution < -0.4 is 15.1 Å². The number of anilines is 3. The van der Waals surface area contributed by atoms with Crippen molar-refractivity contribution in [2.24, 2.45) is 0 Å². The average molecular weight is 513 g/mol. The van der Waals surface area contributed by atoms with E-state index in [2.05, 4.69) is 15.1 Å². The standard InChI is InChI=1S/C24H28N6O7/c1-15-20(37-24(31)34-2)18(16-4-3-5-17(14-16)30(32)33)19-21(25-15)26-23(29-8-12-36-13-9-29)27-22(19)28-6-10-35-11-7-28/h3-5,14,18H,6-13H2,1-2H3,(H,25,26,27). The van der Waals surface area contributed by atoms with E-state index in [1.165, 1.54) is 19.2 Å². The molecule has 2 aromatic rings. The number of methoxy groups -OCH3 is 1. The largest absolute Gasteiger partial charge is 0.513 e. The zero-order valence-corrected chi connectivity index (χ0v) is 20.6. The lowest BCUT2D eigenvalue weighted by Gasteiger charge is -2.36. The number of rotatable bonds is 5. The molecular weight excluding hydrogens is 484 g/mol. The number of hydrogen-bond donors (Lipinski definition) is 1. The van der Waals surface area contributed by atoms with Gasteiger partial charge in [-0.05, 0) is 12.5 Å². The number of carbonyl (C=O) groups is 1. The van der Waals surface area contributed by atoms with Crippen LogP contribution in [0.25, 0.3) is 0 Å². The van der Waals surface area contributed by atoms with Crippen molar-refractivity contribution in [1.82, 2.24) is 9.97 Å². The summed E-state index contributed by atoms with van der Waals surface area (Å²) in [6.45, 7) is 6.48. The molecule has 0 spiro atoms. The Bertz CT molecular complexity index is 1220. The van der Waals surface area contributed by atoms with Gasteiger partial charge in [-0.15, -0.1) is 0 Å². The fourth-order valence-corrected chi connectivity index (χ4v) is 4.72. The van der Waals surface area contributed by atoms with Gasteiger partial charge in [0.25, 0.3) is 5.69 Å². The van der Waals surface area contributed by atoms with Gasteiger partial charge in [0, 0.05) is 38.3 Å². The summed E-state index contributed by atoms with van der Waals surface area (Å²) in [5, 5.41) is 14.9. The Balaban J connectivity index is 1.71. The highest BCUT2D eigenvalue weighted by Gasteiger charge is 2.38. The number of benzene rings is 1. The first kappa shape index (κ1) is 24.7. The van der Waals surface area contributed by atoms with Crippen LogP contribution in [0.3, 0.4) is 0 Å². The van der Waals surface area contributed by atoms with Crippen LogP contribution in [-0.2, 0) is 18.9 Å². The number of aromatic nitrogens is 2. The summed E-state index contributed by atoms with van der Waals surface area (Å²) < 4.78 is 21.5. The molecule has 2 fully saturated rings. The second-order valence-electron chi connectivity index (χ2n) is 8.76. The lowest BCUT2D eigenvalue weighted by atomic mass is 9.86. The zero-order chi connectivity index (χ0) is 25.9. The van der Waals surface area contributed by atoms with Crippen molar-refractivity contribution >= 4 is 29.4 Å². The van der Waals surface area contributed by atoms with E-state index in [9.17, 15) is 14.9 Å². The molecule has 5 rings (SSSR count). The van der Waals surface area contributed by atoms with Crippen LogP contribution in [0.15, 0.2) is 35.7 Å². The Morgan fingerprint density at radius 1 is 1.11 bits per heavy atom. The van der Waals surface area contributed by atoms with Crippen LogP contribution in [0.5, 0.6) is 0 Å².